The maximum atomic E-state index is 8.52. The Morgan fingerprint density at radius 2 is 1.14 bits per heavy atom. The van der Waals surface area contributed by atoms with Gasteiger partial charge < -0.3 is 9.11 Å². The normalized spacial score (nSPS) is 8.29. The van der Waals surface area contributed by atoms with Crippen LogP contribution in [0.5, 0.6) is 0 Å². The van der Waals surface area contributed by atoms with Gasteiger partial charge in [-0.3, -0.25) is 8.42 Å². The van der Waals surface area contributed by atoms with Crippen LogP contribution >= 0.6 is 0 Å². The largest absolute Gasteiger partial charge is 2.00 e. The predicted molar refractivity (Wildman–Crippen MR) is 16.2 cm³/mol. The van der Waals surface area contributed by atoms with Crippen molar-refractivity contribution in [2.75, 3.05) is 0 Å². The van der Waals surface area contributed by atoms with Crippen LogP contribution in [0.15, 0.2) is 0 Å². The molecule has 0 aliphatic carbocycles. The van der Waals surface area contributed by atoms with E-state index in [9.17, 15) is 0 Å². The van der Waals surface area contributed by atoms with Crippen molar-refractivity contribution in [3.63, 3.8) is 0 Å². The van der Waals surface area contributed by atoms with E-state index in [0.717, 1.165) is 0 Å². The minimum Gasteiger partial charge on any atom is -0.759 e. The fourth-order valence-corrected chi connectivity index (χ4v) is 0. The summed E-state index contributed by atoms with van der Waals surface area (Å²) in [5.74, 6) is 0. The Balaban J connectivity index is -0.0000000800. The van der Waals surface area contributed by atoms with Gasteiger partial charge in [0.1, 0.15) is 0 Å². The molecule has 0 N–H and O–H groups in total. The Morgan fingerprint density at radius 3 is 1.14 bits per heavy atom. The van der Waals surface area contributed by atoms with E-state index >= 15 is 0 Å². The van der Waals surface area contributed by atoms with E-state index in [2.05, 4.69) is 0 Å². The van der Waals surface area contributed by atoms with Gasteiger partial charge in [0.25, 0.3) is 0 Å². The average Bonchev–Trinajstić information content (AvgIpc) is 0.722. The molecule has 0 rings (SSSR count). The van der Waals surface area contributed by atoms with Gasteiger partial charge in [-0.2, -0.15) is 0 Å². The summed E-state index contributed by atoms with van der Waals surface area (Å²) in [6.07, 6.45) is 0. The van der Waals surface area contributed by atoms with Gasteiger partial charge in [-0.05, 0) is 0 Å². The third-order valence-electron chi connectivity index (χ3n) is 0. The van der Waals surface area contributed by atoms with Crippen LogP contribution in [-0.4, -0.2) is 55.3 Å². The third-order valence-corrected chi connectivity index (χ3v) is 0. The summed E-state index contributed by atoms with van der Waals surface area (Å²) in [4.78, 5) is 0. The fraction of sp³-hybridized carbons (Fsp3) is 0. The number of rotatable bonds is 0. The van der Waals surface area contributed by atoms with Gasteiger partial charge >= 0.3 is 60.1 Å². The molecule has 0 saturated heterocycles. The van der Waals surface area contributed by atoms with E-state index in [1.165, 1.54) is 0 Å². The van der Waals surface area contributed by atoms with Crippen molar-refractivity contribution in [1.29, 1.82) is 0 Å². The zero-order valence-electron chi connectivity index (χ0n) is 3.05. The second-order valence-electron chi connectivity index (χ2n) is 0.408. The number of hydrogen-bond donors (Lipinski definition) is 0. The molecular formula is AgCaO4S+. The molecule has 7 heteroatoms. The molecule has 0 aliphatic rings. The first-order valence-corrected chi connectivity index (χ1v) is 2.00. The standard InChI is InChI=1S/Ag.Ca.H2O4S/c;;1-5(2,3)4/h;;(H2,1,2,3,4)/q+1;+2;/p-2. The predicted octanol–water partition coefficient (Wildman–Crippen LogP) is -1.72. The van der Waals surface area contributed by atoms with E-state index in [1.807, 2.05) is 0 Å². The van der Waals surface area contributed by atoms with Crippen molar-refractivity contribution in [3.8, 4) is 0 Å². The number of hydrogen-bond acceptors (Lipinski definition) is 4. The Kier molecular flexibility index (Phi) is 13.7. The molecule has 42 valence electrons. The summed E-state index contributed by atoms with van der Waals surface area (Å²) in [6.45, 7) is 0. The molecule has 0 atom stereocenters. The van der Waals surface area contributed by atoms with Crippen molar-refractivity contribution in [1.82, 2.24) is 0 Å². The molecule has 0 radical (unpaired) electrons. The third kappa shape index (κ3) is 77.5. The molecule has 0 amide bonds. The summed E-state index contributed by atoms with van der Waals surface area (Å²) < 4.78 is 34.1. The first kappa shape index (κ1) is 15.9. The van der Waals surface area contributed by atoms with Crippen LogP contribution in [0.25, 0.3) is 0 Å². The SMILES string of the molecule is O=S(=O)([O-])[O-].[Ag+].[Ca+2]. The average molecular weight is 244 g/mol. The Hall–Kier alpha value is 1.87. The van der Waals surface area contributed by atoms with Gasteiger partial charge in [-0.1, -0.05) is 0 Å². The summed E-state index contributed by atoms with van der Waals surface area (Å²) in [5.41, 5.74) is 0. The second-order valence-corrected chi connectivity index (χ2v) is 1.22. The smallest absolute Gasteiger partial charge is 0.759 e. The van der Waals surface area contributed by atoms with Crippen molar-refractivity contribution in [2.24, 2.45) is 0 Å². The van der Waals surface area contributed by atoms with Crippen LogP contribution in [0, 0.1) is 0 Å². The Labute approximate surface area is 86.8 Å². The van der Waals surface area contributed by atoms with E-state index in [0.29, 0.717) is 0 Å². The quantitative estimate of drug-likeness (QED) is 0.288. The van der Waals surface area contributed by atoms with Gasteiger partial charge in [-0.25, -0.2) is 0 Å². The second kappa shape index (κ2) is 6.00. The molecule has 0 heterocycles. The minimum atomic E-state index is -5.17. The Morgan fingerprint density at radius 1 is 1.14 bits per heavy atom. The van der Waals surface area contributed by atoms with Crippen molar-refractivity contribution >= 4 is 48.1 Å². The molecule has 0 aromatic rings. The Bertz CT molecular complexity index is 94.9. The van der Waals surface area contributed by atoms with Crippen molar-refractivity contribution in [2.45, 2.75) is 0 Å². The molecular weight excluding hydrogens is 244 g/mol. The van der Waals surface area contributed by atoms with Crippen LogP contribution in [0.2, 0.25) is 0 Å². The first-order chi connectivity index (χ1) is 2.00. The van der Waals surface area contributed by atoms with E-state index < -0.39 is 10.4 Å². The van der Waals surface area contributed by atoms with Crippen molar-refractivity contribution in [3.05, 3.63) is 0 Å². The molecule has 0 fully saturated rings. The van der Waals surface area contributed by atoms with Gasteiger partial charge in [0, 0.05) is 10.4 Å². The molecule has 7 heavy (non-hydrogen) atoms. The molecule has 0 spiro atoms. The van der Waals surface area contributed by atoms with Gasteiger partial charge in [0.05, 0.1) is 0 Å². The topological polar surface area (TPSA) is 80.3 Å². The summed E-state index contributed by atoms with van der Waals surface area (Å²) >= 11 is 0. The fourth-order valence-electron chi connectivity index (χ4n) is 0. The van der Waals surface area contributed by atoms with Gasteiger partial charge in [0.15, 0.2) is 0 Å². The summed E-state index contributed by atoms with van der Waals surface area (Å²) in [6, 6.07) is 0. The van der Waals surface area contributed by atoms with Crippen LogP contribution in [0.4, 0.5) is 0 Å². The molecule has 0 aromatic heterocycles. The maximum Gasteiger partial charge on any atom is 2.00 e. The molecule has 0 aromatic carbocycles. The zero-order valence-corrected chi connectivity index (χ0v) is 7.56. The van der Waals surface area contributed by atoms with Crippen LogP contribution < -0.4 is 0 Å². The van der Waals surface area contributed by atoms with Gasteiger partial charge in [0.2, 0.25) is 0 Å². The molecule has 4 nitrogen and oxygen atoms in total. The summed E-state index contributed by atoms with van der Waals surface area (Å²) in [7, 11) is -5.17. The monoisotopic (exact) mass is 243 g/mol. The summed E-state index contributed by atoms with van der Waals surface area (Å²) in [5, 5.41) is 0. The molecule has 0 bridgehead atoms. The van der Waals surface area contributed by atoms with Crippen LogP contribution in [0.3, 0.4) is 0 Å². The first-order valence-electron chi connectivity index (χ1n) is 0.667. The minimum absolute atomic E-state index is 0. The van der Waals surface area contributed by atoms with Crippen LogP contribution in [-0.2, 0) is 32.8 Å². The molecule has 0 saturated carbocycles. The van der Waals surface area contributed by atoms with E-state index in [1.54, 1.807) is 0 Å². The van der Waals surface area contributed by atoms with E-state index in [-0.39, 0.29) is 60.1 Å². The van der Waals surface area contributed by atoms with E-state index in [4.69, 9.17) is 17.5 Å². The molecule has 0 unspecified atom stereocenters. The van der Waals surface area contributed by atoms with Crippen LogP contribution in [0.1, 0.15) is 0 Å². The maximum absolute atomic E-state index is 8.52. The van der Waals surface area contributed by atoms with Crippen molar-refractivity contribution < 1.29 is 39.9 Å². The van der Waals surface area contributed by atoms with Gasteiger partial charge in [-0.15, -0.1) is 0 Å². The molecule has 0 aliphatic heterocycles. The zero-order chi connectivity index (χ0) is 4.50.